The predicted octanol–water partition coefficient (Wildman–Crippen LogP) is 17.4. The Hall–Kier alpha value is -3.52. The van der Waals surface area contributed by atoms with Gasteiger partial charge in [0.1, 0.15) is 0 Å². The van der Waals surface area contributed by atoms with Gasteiger partial charge >= 0.3 is 0 Å². The van der Waals surface area contributed by atoms with Crippen LogP contribution in [0, 0.1) is 0 Å². The zero-order valence-corrected chi connectivity index (χ0v) is 37.5. The minimum atomic E-state index is 0.405. The first kappa shape index (κ1) is 47.2. The molecular formula is C56H84N2. The Morgan fingerprint density at radius 3 is 0.638 bits per heavy atom. The molecule has 2 nitrogen and oxygen atoms in total. The zero-order valence-electron chi connectivity index (χ0n) is 37.5. The van der Waals surface area contributed by atoms with Gasteiger partial charge in [-0.25, -0.2) is 0 Å². The third-order valence-corrected chi connectivity index (χ3v) is 12.9. The van der Waals surface area contributed by atoms with Crippen molar-refractivity contribution in [3.8, 4) is 0 Å². The first-order valence-electron chi connectivity index (χ1n) is 24.4. The van der Waals surface area contributed by atoms with Gasteiger partial charge in [-0.1, -0.05) is 241 Å². The number of hydrogen-bond donors (Lipinski definition) is 2. The summed E-state index contributed by atoms with van der Waals surface area (Å²) in [6.45, 7) is 6.91. The summed E-state index contributed by atoms with van der Waals surface area (Å²) in [5.41, 5.74) is 22.6. The molecule has 4 N–H and O–H groups in total. The van der Waals surface area contributed by atoms with Crippen LogP contribution in [-0.4, -0.2) is 0 Å². The number of nitrogen functional groups attached to an aromatic ring is 2. The lowest BCUT2D eigenvalue weighted by Crippen LogP contribution is -2.06. The molecule has 0 radical (unpaired) electrons. The molecule has 0 aromatic heterocycles. The molecule has 0 heterocycles. The highest BCUT2D eigenvalue weighted by Gasteiger charge is 2.20. The largest absolute Gasteiger partial charge is 0.399 e. The molecule has 0 spiro atoms. The number of hydrogen-bond acceptors (Lipinski definition) is 2. The van der Waals surface area contributed by atoms with Crippen LogP contribution in [0.15, 0.2) is 97.1 Å². The van der Waals surface area contributed by atoms with Crippen LogP contribution in [-0.2, 0) is 0 Å². The van der Waals surface area contributed by atoms with Crippen LogP contribution >= 0.6 is 0 Å². The minimum absolute atomic E-state index is 0.405. The van der Waals surface area contributed by atoms with E-state index in [0.717, 1.165) is 11.4 Å². The number of rotatable bonds is 32. The van der Waals surface area contributed by atoms with Crippen molar-refractivity contribution in [2.45, 2.75) is 205 Å². The summed E-state index contributed by atoms with van der Waals surface area (Å²) in [6.07, 6.45) is 34.6. The quantitative estimate of drug-likeness (QED) is 0.0383. The zero-order chi connectivity index (χ0) is 41.0. The molecule has 58 heavy (non-hydrogen) atoms. The summed E-state index contributed by atoms with van der Waals surface area (Å²) in [6, 6.07) is 37.0. The summed E-state index contributed by atoms with van der Waals surface area (Å²) in [7, 11) is 0. The predicted molar refractivity (Wildman–Crippen MR) is 257 cm³/mol. The molecule has 0 aliphatic rings. The topological polar surface area (TPSA) is 52.0 Å². The number of anilines is 2. The van der Waals surface area contributed by atoms with Crippen LogP contribution < -0.4 is 11.5 Å². The van der Waals surface area contributed by atoms with Crippen molar-refractivity contribution in [2.24, 2.45) is 0 Å². The molecule has 2 unspecified atom stereocenters. The smallest absolute Gasteiger partial charge is 0.0314 e. The Kier molecular flexibility index (Phi) is 23.4. The average molecular weight is 785 g/mol. The first-order valence-corrected chi connectivity index (χ1v) is 24.4. The monoisotopic (exact) mass is 785 g/mol. The number of unbranched alkanes of at least 4 members (excludes halogenated alkanes) is 20. The van der Waals surface area contributed by atoms with Crippen molar-refractivity contribution >= 4 is 11.4 Å². The second-order valence-corrected chi connectivity index (χ2v) is 17.8. The fourth-order valence-corrected chi connectivity index (χ4v) is 9.23. The summed E-state index contributed by atoms with van der Waals surface area (Å²) in [5, 5.41) is 0. The Morgan fingerprint density at radius 2 is 0.431 bits per heavy atom. The number of benzene rings is 4. The SMILES string of the molecule is CCCCCCCCCCC(c1ccc(N)cc1)c1ccc(C(CCCCCCCCC)c2ccc(C(CCCCCCCCCC)c3ccc(N)cc3)cc2)cc1. The third-order valence-electron chi connectivity index (χ3n) is 12.9. The summed E-state index contributed by atoms with van der Waals surface area (Å²) in [5.74, 6) is 1.22. The van der Waals surface area contributed by atoms with Crippen LogP contribution in [0.25, 0.3) is 0 Å². The maximum absolute atomic E-state index is 6.15. The van der Waals surface area contributed by atoms with Crippen LogP contribution in [0.2, 0.25) is 0 Å². The summed E-state index contributed by atoms with van der Waals surface area (Å²) >= 11 is 0. The van der Waals surface area contributed by atoms with E-state index in [0.29, 0.717) is 17.8 Å². The molecule has 0 saturated carbocycles. The Morgan fingerprint density at radius 1 is 0.259 bits per heavy atom. The van der Waals surface area contributed by atoms with Gasteiger partial charge in [0.2, 0.25) is 0 Å². The molecule has 4 aromatic rings. The molecule has 4 aromatic carbocycles. The molecule has 2 atom stereocenters. The highest BCUT2D eigenvalue weighted by atomic mass is 14.5. The Bertz CT molecular complexity index is 1460. The van der Waals surface area contributed by atoms with Crippen LogP contribution in [0.5, 0.6) is 0 Å². The van der Waals surface area contributed by atoms with Gasteiger partial charge in [0, 0.05) is 29.1 Å². The molecule has 0 fully saturated rings. The van der Waals surface area contributed by atoms with E-state index in [1.165, 1.54) is 200 Å². The Labute approximate surface area is 357 Å². The molecule has 0 aliphatic carbocycles. The Balaban J connectivity index is 1.50. The molecule has 0 saturated heterocycles. The molecule has 0 amide bonds. The van der Waals surface area contributed by atoms with E-state index < -0.39 is 0 Å². The van der Waals surface area contributed by atoms with Gasteiger partial charge in [0.15, 0.2) is 0 Å². The molecule has 318 valence electrons. The van der Waals surface area contributed by atoms with E-state index in [1.54, 1.807) is 0 Å². The second kappa shape index (κ2) is 28.8. The fourth-order valence-electron chi connectivity index (χ4n) is 9.23. The van der Waals surface area contributed by atoms with Gasteiger partial charge in [0.05, 0.1) is 0 Å². The van der Waals surface area contributed by atoms with Gasteiger partial charge < -0.3 is 11.5 Å². The standard InChI is InChI=1S/C56H84N2/c1-4-7-10-13-16-19-22-25-28-55(50-38-42-52(57)43-39-50)48-34-30-46(31-35-48)54(27-24-21-18-15-12-9-6-3)47-32-36-49(37-33-47)56(51-40-44-53(58)45-41-51)29-26-23-20-17-14-11-8-5-2/h30-45,54-56H,4-29,57-58H2,1-3H3. The molecular weight excluding hydrogens is 701 g/mol. The van der Waals surface area contributed by atoms with Crippen molar-refractivity contribution in [3.05, 3.63) is 130 Å². The van der Waals surface area contributed by atoms with Crippen molar-refractivity contribution in [1.29, 1.82) is 0 Å². The molecule has 4 rings (SSSR count). The van der Waals surface area contributed by atoms with Gasteiger partial charge in [-0.05, 0) is 76.9 Å². The lowest BCUT2D eigenvalue weighted by Gasteiger charge is -2.23. The van der Waals surface area contributed by atoms with E-state index >= 15 is 0 Å². The van der Waals surface area contributed by atoms with Gasteiger partial charge in [-0.3, -0.25) is 0 Å². The van der Waals surface area contributed by atoms with Crippen molar-refractivity contribution in [2.75, 3.05) is 11.5 Å². The molecule has 0 aliphatic heterocycles. The lowest BCUT2D eigenvalue weighted by atomic mass is 9.81. The normalized spacial score (nSPS) is 13.1. The average Bonchev–Trinajstić information content (AvgIpc) is 3.25. The lowest BCUT2D eigenvalue weighted by molar-refractivity contribution is 0.550. The van der Waals surface area contributed by atoms with Crippen molar-refractivity contribution in [1.82, 2.24) is 0 Å². The van der Waals surface area contributed by atoms with E-state index in [4.69, 9.17) is 11.5 Å². The van der Waals surface area contributed by atoms with E-state index in [2.05, 4.69) is 118 Å². The first-order chi connectivity index (χ1) is 28.5. The van der Waals surface area contributed by atoms with Gasteiger partial charge in [0.25, 0.3) is 0 Å². The highest BCUT2D eigenvalue weighted by molar-refractivity contribution is 5.45. The highest BCUT2D eigenvalue weighted by Crippen LogP contribution is 2.37. The van der Waals surface area contributed by atoms with Crippen LogP contribution in [0.4, 0.5) is 11.4 Å². The summed E-state index contributed by atoms with van der Waals surface area (Å²) < 4.78 is 0. The van der Waals surface area contributed by atoms with Crippen LogP contribution in [0.1, 0.15) is 239 Å². The van der Waals surface area contributed by atoms with E-state index in [-0.39, 0.29) is 0 Å². The van der Waals surface area contributed by atoms with Crippen molar-refractivity contribution in [3.63, 3.8) is 0 Å². The maximum Gasteiger partial charge on any atom is 0.0314 e. The maximum atomic E-state index is 6.15. The van der Waals surface area contributed by atoms with Gasteiger partial charge in [-0.2, -0.15) is 0 Å². The minimum Gasteiger partial charge on any atom is -0.399 e. The fraction of sp³-hybridized carbons (Fsp3) is 0.571. The third kappa shape index (κ3) is 17.4. The van der Waals surface area contributed by atoms with E-state index in [9.17, 15) is 0 Å². The molecule has 2 heteroatoms. The second-order valence-electron chi connectivity index (χ2n) is 17.8. The number of nitrogens with two attached hydrogens (primary N) is 2. The molecule has 0 bridgehead atoms. The van der Waals surface area contributed by atoms with Crippen molar-refractivity contribution < 1.29 is 0 Å². The van der Waals surface area contributed by atoms with Gasteiger partial charge in [-0.15, -0.1) is 0 Å². The van der Waals surface area contributed by atoms with Crippen LogP contribution in [0.3, 0.4) is 0 Å². The summed E-state index contributed by atoms with van der Waals surface area (Å²) in [4.78, 5) is 0. The van der Waals surface area contributed by atoms with E-state index in [1.807, 2.05) is 0 Å².